The Balaban J connectivity index is 3.01. The molecule has 0 saturated heterocycles. The van der Waals surface area contributed by atoms with Crippen LogP contribution in [0.25, 0.3) is 0 Å². The van der Waals surface area contributed by atoms with Gasteiger partial charge in [-0.2, -0.15) is 0 Å². The third kappa shape index (κ3) is 3.23. The van der Waals surface area contributed by atoms with E-state index in [1.165, 1.54) is 6.07 Å². The van der Waals surface area contributed by atoms with Gasteiger partial charge in [-0.15, -0.1) is 11.3 Å². The van der Waals surface area contributed by atoms with Gasteiger partial charge in [0.25, 0.3) is 0 Å². The number of nitrogens with two attached hydrogens (primary N) is 1. The van der Waals surface area contributed by atoms with E-state index < -0.39 is 10.0 Å². The molecular weight excluding hydrogens is 252 g/mol. The van der Waals surface area contributed by atoms with E-state index in [2.05, 4.69) is 4.72 Å². The van der Waals surface area contributed by atoms with Gasteiger partial charge in [0.2, 0.25) is 10.0 Å². The van der Waals surface area contributed by atoms with Gasteiger partial charge in [0.1, 0.15) is 9.20 Å². The van der Waals surface area contributed by atoms with Crippen LogP contribution in [-0.2, 0) is 10.0 Å². The third-order valence-corrected chi connectivity index (χ3v) is 5.10. The molecule has 0 aliphatic rings. The van der Waals surface area contributed by atoms with Gasteiger partial charge in [-0.25, -0.2) is 13.1 Å². The molecule has 0 bridgehead atoms. The highest BCUT2D eigenvalue weighted by Gasteiger charge is 2.18. The van der Waals surface area contributed by atoms with Crippen molar-refractivity contribution in [2.24, 2.45) is 5.73 Å². The highest BCUT2D eigenvalue weighted by atomic mass is 32.2. The Kier molecular flexibility index (Phi) is 3.82. The molecule has 0 fully saturated rings. The van der Waals surface area contributed by atoms with E-state index >= 15 is 0 Å². The fourth-order valence-corrected chi connectivity index (χ4v) is 3.58. The van der Waals surface area contributed by atoms with Crippen molar-refractivity contribution in [1.29, 1.82) is 0 Å². The molecular formula is C8H12N2O2S3. The molecule has 0 atom stereocenters. The summed E-state index contributed by atoms with van der Waals surface area (Å²) in [4.78, 5) is 0.820. The molecule has 0 aliphatic heterocycles. The Morgan fingerprint density at radius 2 is 2.13 bits per heavy atom. The maximum Gasteiger partial charge on any atom is 0.250 e. The Morgan fingerprint density at radius 3 is 2.53 bits per heavy atom. The zero-order valence-corrected chi connectivity index (χ0v) is 10.8. The molecule has 1 rings (SSSR count). The van der Waals surface area contributed by atoms with Gasteiger partial charge in [0.15, 0.2) is 0 Å². The number of thiocarbonyl (C=S) groups is 1. The molecule has 0 saturated carbocycles. The predicted molar refractivity (Wildman–Crippen MR) is 65.7 cm³/mol. The van der Waals surface area contributed by atoms with Crippen molar-refractivity contribution in [2.75, 3.05) is 0 Å². The van der Waals surface area contributed by atoms with Crippen LogP contribution in [0, 0.1) is 0 Å². The van der Waals surface area contributed by atoms with Crippen LogP contribution < -0.4 is 10.5 Å². The quantitative estimate of drug-likeness (QED) is 0.798. The van der Waals surface area contributed by atoms with E-state index in [0.29, 0.717) is 4.88 Å². The molecule has 0 aromatic carbocycles. The second-order valence-electron chi connectivity index (χ2n) is 3.26. The summed E-state index contributed by atoms with van der Waals surface area (Å²) < 4.78 is 26.1. The first-order valence-electron chi connectivity index (χ1n) is 4.25. The van der Waals surface area contributed by atoms with Crippen LogP contribution >= 0.6 is 23.6 Å². The molecule has 0 unspecified atom stereocenters. The zero-order valence-electron chi connectivity index (χ0n) is 8.35. The lowest BCUT2D eigenvalue weighted by Gasteiger charge is -2.06. The summed E-state index contributed by atoms with van der Waals surface area (Å²) >= 11 is 5.83. The molecule has 1 heterocycles. The van der Waals surface area contributed by atoms with Crippen LogP contribution in [0.4, 0.5) is 0 Å². The molecule has 0 spiro atoms. The summed E-state index contributed by atoms with van der Waals surface area (Å²) in [6.45, 7) is 3.53. The molecule has 3 N–H and O–H groups in total. The minimum absolute atomic E-state index is 0.134. The van der Waals surface area contributed by atoms with E-state index in [-0.39, 0.29) is 15.2 Å². The lowest BCUT2D eigenvalue weighted by molar-refractivity contribution is 0.572. The minimum atomic E-state index is -3.42. The zero-order chi connectivity index (χ0) is 11.6. The van der Waals surface area contributed by atoms with Crippen LogP contribution in [0.15, 0.2) is 16.3 Å². The molecule has 0 radical (unpaired) electrons. The summed E-state index contributed by atoms with van der Waals surface area (Å²) in [5, 5.41) is 0. The van der Waals surface area contributed by atoms with Crippen LogP contribution in [0.3, 0.4) is 0 Å². The summed E-state index contributed by atoms with van der Waals surface area (Å²) in [5.41, 5.74) is 5.40. The summed E-state index contributed by atoms with van der Waals surface area (Å²) in [6.07, 6.45) is 0. The molecule has 4 nitrogen and oxygen atoms in total. The summed E-state index contributed by atoms with van der Waals surface area (Å²) in [6, 6.07) is 2.98. The van der Waals surface area contributed by atoms with Crippen molar-refractivity contribution in [3.8, 4) is 0 Å². The van der Waals surface area contributed by atoms with Crippen molar-refractivity contribution in [3.63, 3.8) is 0 Å². The van der Waals surface area contributed by atoms with Crippen LogP contribution in [0.2, 0.25) is 0 Å². The number of sulfonamides is 1. The van der Waals surface area contributed by atoms with E-state index in [0.717, 1.165) is 11.3 Å². The fourth-order valence-electron chi connectivity index (χ4n) is 0.965. The highest BCUT2D eigenvalue weighted by Crippen LogP contribution is 2.21. The Labute approximate surface area is 98.5 Å². The number of hydrogen-bond acceptors (Lipinski definition) is 4. The van der Waals surface area contributed by atoms with Crippen molar-refractivity contribution >= 4 is 38.6 Å². The SMILES string of the molecule is CC(C)NS(=O)(=O)c1ccc(C(N)=S)s1. The van der Waals surface area contributed by atoms with Gasteiger partial charge >= 0.3 is 0 Å². The van der Waals surface area contributed by atoms with Crippen LogP contribution in [-0.4, -0.2) is 19.4 Å². The highest BCUT2D eigenvalue weighted by molar-refractivity contribution is 7.91. The van der Waals surface area contributed by atoms with E-state index in [1.54, 1.807) is 19.9 Å². The smallest absolute Gasteiger partial charge is 0.250 e. The second kappa shape index (κ2) is 4.56. The fraction of sp³-hybridized carbons (Fsp3) is 0.375. The van der Waals surface area contributed by atoms with Gasteiger partial charge in [0, 0.05) is 6.04 Å². The topological polar surface area (TPSA) is 72.2 Å². The number of hydrogen-bond donors (Lipinski definition) is 2. The summed E-state index contributed by atoms with van der Waals surface area (Å²) in [7, 11) is -3.42. The molecule has 84 valence electrons. The number of nitrogens with one attached hydrogen (secondary N) is 1. The number of thiophene rings is 1. The third-order valence-electron chi connectivity index (χ3n) is 1.48. The average molecular weight is 264 g/mol. The van der Waals surface area contributed by atoms with Crippen molar-refractivity contribution in [3.05, 3.63) is 17.0 Å². The van der Waals surface area contributed by atoms with Gasteiger partial charge in [-0.1, -0.05) is 12.2 Å². The van der Waals surface area contributed by atoms with Crippen LogP contribution in [0.5, 0.6) is 0 Å². The monoisotopic (exact) mass is 264 g/mol. The first-order valence-corrected chi connectivity index (χ1v) is 6.95. The van der Waals surface area contributed by atoms with Crippen molar-refractivity contribution in [2.45, 2.75) is 24.1 Å². The minimum Gasteiger partial charge on any atom is -0.389 e. The van der Waals surface area contributed by atoms with Crippen molar-refractivity contribution in [1.82, 2.24) is 4.72 Å². The normalized spacial score (nSPS) is 11.9. The standard InChI is InChI=1S/C8H12N2O2S3/c1-5(2)10-15(11,12)7-4-3-6(14-7)8(9)13/h3-5,10H,1-2H3,(H2,9,13). The van der Waals surface area contributed by atoms with Gasteiger partial charge in [0.05, 0.1) is 4.88 Å². The lowest BCUT2D eigenvalue weighted by atomic mass is 10.4. The molecule has 0 amide bonds. The molecule has 7 heteroatoms. The van der Waals surface area contributed by atoms with Gasteiger partial charge < -0.3 is 5.73 Å². The van der Waals surface area contributed by atoms with E-state index in [9.17, 15) is 8.42 Å². The average Bonchev–Trinajstić information content (AvgIpc) is 2.48. The van der Waals surface area contributed by atoms with E-state index in [1.807, 2.05) is 0 Å². The van der Waals surface area contributed by atoms with Crippen molar-refractivity contribution < 1.29 is 8.42 Å². The summed E-state index contributed by atoms with van der Waals surface area (Å²) in [5.74, 6) is 0. The maximum atomic E-state index is 11.7. The van der Waals surface area contributed by atoms with E-state index in [4.69, 9.17) is 18.0 Å². The molecule has 1 aromatic rings. The second-order valence-corrected chi connectivity index (χ2v) is 6.72. The first kappa shape index (κ1) is 12.6. The lowest BCUT2D eigenvalue weighted by Crippen LogP contribution is -2.29. The largest absolute Gasteiger partial charge is 0.389 e. The van der Waals surface area contributed by atoms with Gasteiger partial charge in [-0.05, 0) is 26.0 Å². The predicted octanol–water partition coefficient (Wildman–Crippen LogP) is 1.07. The Morgan fingerprint density at radius 1 is 1.53 bits per heavy atom. The molecule has 15 heavy (non-hydrogen) atoms. The molecule has 0 aliphatic carbocycles. The Bertz CT molecular complexity index is 462. The maximum absolute atomic E-state index is 11.7. The number of rotatable bonds is 4. The van der Waals surface area contributed by atoms with Gasteiger partial charge in [-0.3, -0.25) is 0 Å². The Hall–Kier alpha value is -0.500. The molecule has 1 aromatic heterocycles. The first-order chi connectivity index (χ1) is 6.83. The van der Waals surface area contributed by atoms with Crippen LogP contribution in [0.1, 0.15) is 18.7 Å².